The lowest BCUT2D eigenvalue weighted by atomic mass is 10.1. The van der Waals surface area contributed by atoms with Crippen molar-refractivity contribution in [2.24, 2.45) is 0 Å². The van der Waals surface area contributed by atoms with Crippen LogP contribution < -0.4 is 10.9 Å². The number of methoxy groups -OCH3 is 1. The summed E-state index contributed by atoms with van der Waals surface area (Å²) >= 11 is 0. The number of unbranched alkanes of at least 4 members (excludes halogenated alkanes) is 1. The highest BCUT2D eigenvalue weighted by Gasteiger charge is 2.18. The molecule has 1 aromatic heterocycles. The fraction of sp³-hybridized carbons (Fsp3) is 0.556. The number of fused-ring (bicyclic) bond motifs is 1. The largest absolute Gasteiger partial charge is 0.383 e. The molecule has 0 spiro atoms. The summed E-state index contributed by atoms with van der Waals surface area (Å²) in [6.07, 6.45) is 3.15. The van der Waals surface area contributed by atoms with E-state index in [0.29, 0.717) is 18.5 Å². The Morgan fingerprint density at radius 2 is 2.09 bits per heavy atom. The summed E-state index contributed by atoms with van der Waals surface area (Å²) < 4.78 is 6.93. The fourth-order valence-corrected chi connectivity index (χ4v) is 2.72. The molecule has 0 radical (unpaired) electrons. The van der Waals surface area contributed by atoms with Gasteiger partial charge in [0.2, 0.25) is 0 Å². The average molecular weight is 317 g/mol. The molecule has 0 bridgehead atoms. The van der Waals surface area contributed by atoms with Crippen molar-refractivity contribution in [3.8, 4) is 0 Å². The summed E-state index contributed by atoms with van der Waals surface area (Å²) in [5.74, 6) is 0.810. The SMILES string of the molecule is CCCCN[C@H](CC)c1nc2ccccc2c(=O)n1CCOC. The van der Waals surface area contributed by atoms with E-state index in [9.17, 15) is 4.79 Å². The molecular weight excluding hydrogens is 290 g/mol. The van der Waals surface area contributed by atoms with E-state index in [2.05, 4.69) is 19.2 Å². The predicted octanol–water partition coefficient (Wildman–Crippen LogP) is 2.88. The van der Waals surface area contributed by atoms with Crippen LogP contribution in [0, 0.1) is 0 Å². The third-order valence-electron chi connectivity index (χ3n) is 4.05. The molecule has 0 aliphatic heterocycles. The second-order valence-corrected chi connectivity index (χ2v) is 5.71. The van der Waals surface area contributed by atoms with Crippen LogP contribution in [0.1, 0.15) is 45.0 Å². The molecule has 0 aliphatic rings. The van der Waals surface area contributed by atoms with E-state index in [4.69, 9.17) is 9.72 Å². The molecule has 0 fully saturated rings. The third kappa shape index (κ3) is 4.18. The monoisotopic (exact) mass is 317 g/mol. The molecule has 1 atom stereocenters. The highest BCUT2D eigenvalue weighted by Crippen LogP contribution is 2.17. The van der Waals surface area contributed by atoms with Crippen LogP contribution in [0.15, 0.2) is 29.1 Å². The zero-order valence-corrected chi connectivity index (χ0v) is 14.3. The van der Waals surface area contributed by atoms with Gasteiger partial charge < -0.3 is 10.1 Å². The van der Waals surface area contributed by atoms with Crippen LogP contribution in [0.25, 0.3) is 10.9 Å². The second-order valence-electron chi connectivity index (χ2n) is 5.71. The zero-order chi connectivity index (χ0) is 16.7. The molecule has 0 amide bonds. The maximum Gasteiger partial charge on any atom is 0.261 e. The van der Waals surface area contributed by atoms with Gasteiger partial charge in [-0.1, -0.05) is 32.4 Å². The lowest BCUT2D eigenvalue weighted by molar-refractivity contribution is 0.184. The molecule has 0 saturated carbocycles. The molecule has 5 heteroatoms. The number of aromatic nitrogens is 2. The van der Waals surface area contributed by atoms with Crippen LogP contribution in [0.2, 0.25) is 0 Å². The Hall–Kier alpha value is -1.72. The van der Waals surface area contributed by atoms with Crippen LogP contribution >= 0.6 is 0 Å². The van der Waals surface area contributed by atoms with Crippen molar-refractivity contribution in [3.05, 3.63) is 40.4 Å². The van der Waals surface area contributed by atoms with E-state index in [1.54, 1.807) is 11.7 Å². The standard InChI is InChI=1S/C18H27N3O2/c1-4-6-11-19-15(5-2)17-20-16-10-8-7-9-14(16)18(22)21(17)12-13-23-3/h7-10,15,19H,4-6,11-13H2,1-3H3/t15-/m1/s1. The molecule has 5 nitrogen and oxygen atoms in total. The number of benzene rings is 1. The highest BCUT2D eigenvalue weighted by atomic mass is 16.5. The molecule has 1 aromatic carbocycles. The van der Waals surface area contributed by atoms with E-state index in [1.807, 2.05) is 24.3 Å². The van der Waals surface area contributed by atoms with Crippen LogP contribution in [0.3, 0.4) is 0 Å². The molecule has 0 aliphatic carbocycles. The molecule has 2 aromatic rings. The summed E-state index contributed by atoms with van der Waals surface area (Å²) in [5, 5.41) is 4.20. The van der Waals surface area contributed by atoms with Crippen molar-refractivity contribution in [1.29, 1.82) is 0 Å². The van der Waals surface area contributed by atoms with Gasteiger partial charge in [-0.05, 0) is 31.5 Å². The number of nitrogens with one attached hydrogen (secondary N) is 1. The van der Waals surface area contributed by atoms with Crippen LogP contribution in [-0.2, 0) is 11.3 Å². The van der Waals surface area contributed by atoms with E-state index < -0.39 is 0 Å². The van der Waals surface area contributed by atoms with Gasteiger partial charge in [0, 0.05) is 7.11 Å². The van der Waals surface area contributed by atoms with Crippen LogP contribution in [0.4, 0.5) is 0 Å². The molecule has 0 saturated heterocycles. The first-order valence-electron chi connectivity index (χ1n) is 8.44. The summed E-state index contributed by atoms with van der Waals surface area (Å²) in [5.41, 5.74) is 0.773. The van der Waals surface area contributed by atoms with Gasteiger partial charge in [-0.2, -0.15) is 0 Å². The van der Waals surface area contributed by atoms with Gasteiger partial charge in [0.1, 0.15) is 5.82 Å². The minimum absolute atomic E-state index is 0.0124. The molecule has 23 heavy (non-hydrogen) atoms. The van der Waals surface area contributed by atoms with Crippen molar-refractivity contribution in [2.45, 2.75) is 45.7 Å². The summed E-state index contributed by atoms with van der Waals surface area (Å²) in [6.45, 7) is 6.24. The zero-order valence-electron chi connectivity index (χ0n) is 14.3. The minimum atomic E-state index is 0.0124. The Bertz CT molecular complexity index is 682. The number of hydrogen-bond donors (Lipinski definition) is 1. The molecule has 1 heterocycles. The maximum atomic E-state index is 12.8. The van der Waals surface area contributed by atoms with Gasteiger partial charge >= 0.3 is 0 Å². The van der Waals surface area contributed by atoms with Crippen LogP contribution in [0.5, 0.6) is 0 Å². The third-order valence-corrected chi connectivity index (χ3v) is 4.05. The smallest absolute Gasteiger partial charge is 0.261 e. The summed E-state index contributed by atoms with van der Waals surface area (Å²) in [7, 11) is 1.65. The Morgan fingerprint density at radius 3 is 2.78 bits per heavy atom. The molecular formula is C18H27N3O2. The number of para-hydroxylation sites is 1. The van der Waals surface area contributed by atoms with Crippen molar-refractivity contribution < 1.29 is 4.74 Å². The quantitative estimate of drug-likeness (QED) is 0.723. The van der Waals surface area contributed by atoms with Gasteiger partial charge in [-0.15, -0.1) is 0 Å². The van der Waals surface area contributed by atoms with Gasteiger partial charge in [0.15, 0.2) is 0 Å². The average Bonchev–Trinajstić information content (AvgIpc) is 2.58. The number of ether oxygens (including phenoxy) is 1. The number of hydrogen-bond acceptors (Lipinski definition) is 4. The summed E-state index contributed by atoms with van der Waals surface area (Å²) in [4.78, 5) is 17.6. The van der Waals surface area contributed by atoms with Crippen molar-refractivity contribution >= 4 is 10.9 Å². The van der Waals surface area contributed by atoms with E-state index >= 15 is 0 Å². The van der Waals surface area contributed by atoms with E-state index in [0.717, 1.165) is 37.1 Å². The Kier molecular flexibility index (Phi) is 6.74. The predicted molar refractivity (Wildman–Crippen MR) is 93.8 cm³/mol. The number of nitrogens with zero attached hydrogens (tertiary/aromatic N) is 2. The lowest BCUT2D eigenvalue weighted by Gasteiger charge is -2.21. The summed E-state index contributed by atoms with van der Waals surface area (Å²) in [6, 6.07) is 7.62. The van der Waals surface area contributed by atoms with Gasteiger partial charge in [0.05, 0.1) is 30.1 Å². The first-order valence-corrected chi connectivity index (χ1v) is 8.44. The van der Waals surface area contributed by atoms with E-state index in [1.165, 1.54) is 0 Å². The van der Waals surface area contributed by atoms with Crippen molar-refractivity contribution in [2.75, 3.05) is 20.3 Å². The minimum Gasteiger partial charge on any atom is -0.383 e. The molecule has 0 unspecified atom stereocenters. The Morgan fingerprint density at radius 1 is 1.30 bits per heavy atom. The second kappa shape index (κ2) is 8.79. The van der Waals surface area contributed by atoms with Gasteiger partial charge in [-0.3, -0.25) is 9.36 Å². The Balaban J connectivity index is 2.47. The number of rotatable bonds is 9. The molecule has 2 rings (SSSR count). The van der Waals surface area contributed by atoms with Gasteiger partial charge in [0.25, 0.3) is 5.56 Å². The highest BCUT2D eigenvalue weighted by molar-refractivity contribution is 5.77. The topological polar surface area (TPSA) is 56.2 Å². The van der Waals surface area contributed by atoms with Gasteiger partial charge in [-0.25, -0.2) is 4.98 Å². The van der Waals surface area contributed by atoms with Crippen LogP contribution in [-0.4, -0.2) is 29.8 Å². The van der Waals surface area contributed by atoms with Crippen molar-refractivity contribution in [1.82, 2.24) is 14.9 Å². The lowest BCUT2D eigenvalue weighted by Crippen LogP contribution is -2.33. The first-order chi connectivity index (χ1) is 11.2. The van der Waals surface area contributed by atoms with Crippen molar-refractivity contribution in [3.63, 3.8) is 0 Å². The van der Waals surface area contributed by atoms with E-state index in [-0.39, 0.29) is 11.6 Å². The first kappa shape index (κ1) is 17.6. The normalized spacial score (nSPS) is 12.7. The molecule has 1 N–H and O–H groups in total. The maximum absolute atomic E-state index is 12.8. The fourth-order valence-electron chi connectivity index (χ4n) is 2.72. The molecule has 126 valence electrons. The Labute approximate surface area is 137 Å².